The highest BCUT2D eigenvalue weighted by molar-refractivity contribution is 14.1. The predicted molar refractivity (Wildman–Crippen MR) is 69.1 cm³/mol. The van der Waals surface area contributed by atoms with Crippen molar-refractivity contribution in [3.8, 4) is 0 Å². The molecule has 0 aromatic rings. The van der Waals surface area contributed by atoms with E-state index in [1.54, 1.807) is 0 Å². The van der Waals surface area contributed by atoms with E-state index in [1.807, 2.05) is 11.8 Å². The van der Waals surface area contributed by atoms with E-state index < -0.39 is 0 Å². The molecule has 0 spiro atoms. The summed E-state index contributed by atoms with van der Waals surface area (Å²) in [7, 11) is 1.51. The molecular weight excluding hydrogens is 311 g/mol. The Balaban J connectivity index is 2.61. The van der Waals surface area contributed by atoms with E-state index in [0.717, 1.165) is 41.6 Å². The van der Waals surface area contributed by atoms with Gasteiger partial charge in [0.05, 0.1) is 12.5 Å². The Bertz CT molecular complexity index is 191. The largest absolute Gasteiger partial charge is 0.469 e. The molecule has 0 N–H and O–H groups in total. The number of hydrogen-bond donors (Lipinski definition) is 0. The van der Waals surface area contributed by atoms with Crippen LogP contribution in [0, 0.1) is 5.41 Å². The molecule has 0 saturated carbocycles. The van der Waals surface area contributed by atoms with Gasteiger partial charge < -0.3 is 4.74 Å². The predicted octanol–water partition coefficient (Wildman–Crippen LogP) is 2.89. The summed E-state index contributed by atoms with van der Waals surface area (Å²) in [5, 5.41) is 0. The maximum absolute atomic E-state index is 11.8. The zero-order valence-electron chi connectivity index (χ0n) is 8.55. The van der Waals surface area contributed by atoms with Gasteiger partial charge in [0.25, 0.3) is 0 Å². The lowest BCUT2D eigenvalue weighted by Gasteiger charge is -2.34. The third-order valence-corrected chi connectivity index (χ3v) is 4.61. The molecule has 0 aliphatic carbocycles. The monoisotopic (exact) mass is 328 g/mol. The van der Waals surface area contributed by atoms with Gasteiger partial charge in [-0.15, -0.1) is 0 Å². The van der Waals surface area contributed by atoms with Crippen molar-refractivity contribution in [1.29, 1.82) is 0 Å². The van der Waals surface area contributed by atoms with Crippen molar-refractivity contribution in [3.63, 3.8) is 0 Å². The van der Waals surface area contributed by atoms with Gasteiger partial charge in [0.15, 0.2) is 0 Å². The molecule has 1 saturated heterocycles. The minimum Gasteiger partial charge on any atom is -0.469 e. The number of carbonyl (C=O) groups is 1. The molecule has 2 nitrogen and oxygen atoms in total. The third kappa shape index (κ3) is 3.02. The Kier molecular flexibility index (Phi) is 5.59. The number of alkyl halides is 1. The lowest BCUT2D eigenvalue weighted by atomic mass is 9.78. The average molecular weight is 328 g/mol. The van der Waals surface area contributed by atoms with Crippen molar-refractivity contribution in [2.45, 2.75) is 25.7 Å². The molecule has 0 bridgehead atoms. The second-order valence-electron chi connectivity index (χ2n) is 3.68. The molecular formula is C10H17IO2S. The van der Waals surface area contributed by atoms with Crippen LogP contribution in [0.25, 0.3) is 0 Å². The van der Waals surface area contributed by atoms with Gasteiger partial charge in [0, 0.05) is 0 Å². The van der Waals surface area contributed by atoms with E-state index in [4.69, 9.17) is 4.74 Å². The normalized spacial score (nSPS) is 20.4. The smallest absolute Gasteiger partial charge is 0.311 e. The van der Waals surface area contributed by atoms with Crippen molar-refractivity contribution in [3.05, 3.63) is 0 Å². The van der Waals surface area contributed by atoms with E-state index in [2.05, 4.69) is 22.6 Å². The van der Waals surface area contributed by atoms with Crippen molar-refractivity contribution in [2.75, 3.05) is 23.0 Å². The highest BCUT2D eigenvalue weighted by Crippen LogP contribution is 2.40. The SMILES string of the molecule is COC(=O)C1(CCCI)CCSCC1. The highest BCUT2D eigenvalue weighted by atomic mass is 127. The van der Waals surface area contributed by atoms with E-state index in [0.29, 0.717) is 0 Å². The number of halogens is 1. The second-order valence-corrected chi connectivity index (χ2v) is 5.98. The first kappa shape index (κ1) is 12.6. The van der Waals surface area contributed by atoms with Gasteiger partial charge in [0.1, 0.15) is 0 Å². The Morgan fingerprint density at radius 2 is 2.14 bits per heavy atom. The molecule has 14 heavy (non-hydrogen) atoms. The molecule has 0 atom stereocenters. The number of rotatable bonds is 4. The third-order valence-electron chi connectivity index (χ3n) is 2.86. The first-order valence-electron chi connectivity index (χ1n) is 4.97. The second kappa shape index (κ2) is 6.20. The van der Waals surface area contributed by atoms with Crippen LogP contribution >= 0.6 is 34.4 Å². The summed E-state index contributed by atoms with van der Waals surface area (Å²) in [6.07, 6.45) is 4.13. The van der Waals surface area contributed by atoms with Crippen LogP contribution in [0.15, 0.2) is 0 Å². The number of esters is 1. The molecule has 0 amide bonds. The van der Waals surface area contributed by atoms with Gasteiger partial charge in [0.2, 0.25) is 0 Å². The molecule has 82 valence electrons. The van der Waals surface area contributed by atoms with Crippen molar-refractivity contribution >= 4 is 40.3 Å². The van der Waals surface area contributed by atoms with Gasteiger partial charge in [-0.25, -0.2) is 0 Å². The summed E-state index contributed by atoms with van der Waals surface area (Å²) in [5.74, 6) is 2.23. The van der Waals surface area contributed by atoms with E-state index in [1.165, 1.54) is 7.11 Å². The summed E-state index contributed by atoms with van der Waals surface area (Å²) < 4.78 is 6.07. The molecule has 0 unspecified atom stereocenters. The topological polar surface area (TPSA) is 26.3 Å². The molecule has 1 aliphatic heterocycles. The number of ether oxygens (including phenoxy) is 1. The van der Waals surface area contributed by atoms with Crippen LogP contribution in [0.3, 0.4) is 0 Å². The maximum Gasteiger partial charge on any atom is 0.311 e. The minimum atomic E-state index is -0.148. The van der Waals surface area contributed by atoms with Crippen molar-refractivity contribution < 1.29 is 9.53 Å². The molecule has 4 heteroatoms. The Morgan fingerprint density at radius 3 is 2.64 bits per heavy atom. The summed E-state index contributed by atoms with van der Waals surface area (Å²) in [6.45, 7) is 0. The summed E-state index contributed by atoms with van der Waals surface area (Å²) in [5.41, 5.74) is -0.148. The maximum atomic E-state index is 11.8. The van der Waals surface area contributed by atoms with E-state index in [-0.39, 0.29) is 11.4 Å². The first-order valence-corrected chi connectivity index (χ1v) is 7.65. The lowest BCUT2D eigenvalue weighted by molar-refractivity contribution is -0.153. The molecule has 1 heterocycles. The number of thioether (sulfide) groups is 1. The minimum absolute atomic E-state index is 0.0163. The van der Waals surface area contributed by atoms with Crippen molar-refractivity contribution in [1.82, 2.24) is 0 Å². The summed E-state index contributed by atoms with van der Waals surface area (Å²) >= 11 is 4.32. The Morgan fingerprint density at radius 1 is 1.50 bits per heavy atom. The molecule has 0 aromatic heterocycles. The zero-order valence-corrected chi connectivity index (χ0v) is 11.5. The van der Waals surface area contributed by atoms with Gasteiger partial charge in [-0.3, -0.25) is 4.79 Å². The fourth-order valence-electron chi connectivity index (χ4n) is 1.94. The van der Waals surface area contributed by atoms with Gasteiger partial charge in [-0.1, -0.05) is 22.6 Å². The lowest BCUT2D eigenvalue weighted by Crippen LogP contribution is -2.36. The summed E-state index contributed by atoms with van der Waals surface area (Å²) in [6, 6.07) is 0. The molecule has 1 rings (SSSR count). The highest BCUT2D eigenvalue weighted by Gasteiger charge is 2.39. The first-order chi connectivity index (χ1) is 6.75. The van der Waals surface area contributed by atoms with Crippen molar-refractivity contribution in [2.24, 2.45) is 5.41 Å². The average Bonchev–Trinajstić information content (AvgIpc) is 2.26. The van der Waals surface area contributed by atoms with Crippen LogP contribution in [-0.2, 0) is 9.53 Å². The van der Waals surface area contributed by atoms with Crippen LogP contribution in [-0.4, -0.2) is 29.0 Å². The quantitative estimate of drug-likeness (QED) is 0.451. The molecule has 1 fully saturated rings. The fourth-order valence-corrected chi connectivity index (χ4v) is 3.60. The van der Waals surface area contributed by atoms with E-state index >= 15 is 0 Å². The standard InChI is InChI=1S/C10H17IO2S/c1-13-9(12)10(3-2-6-11)4-7-14-8-5-10/h2-8H2,1H3. The molecule has 0 aromatic carbocycles. The number of methoxy groups -OCH3 is 1. The molecule has 1 aliphatic rings. The number of hydrogen-bond acceptors (Lipinski definition) is 3. The van der Waals surface area contributed by atoms with Gasteiger partial charge in [-0.2, -0.15) is 11.8 Å². The van der Waals surface area contributed by atoms with Crippen LogP contribution in [0.5, 0.6) is 0 Å². The van der Waals surface area contributed by atoms with Crippen LogP contribution in [0.4, 0.5) is 0 Å². The van der Waals surface area contributed by atoms with Gasteiger partial charge in [-0.05, 0) is 41.6 Å². The Labute approximate surface area is 104 Å². The number of carbonyl (C=O) groups excluding carboxylic acids is 1. The van der Waals surface area contributed by atoms with Gasteiger partial charge >= 0.3 is 5.97 Å². The van der Waals surface area contributed by atoms with Crippen LogP contribution < -0.4 is 0 Å². The van der Waals surface area contributed by atoms with Crippen LogP contribution in [0.1, 0.15) is 25.7 Å². The zero-order chi connectivity index (χ0) is 10.4. The van der Waals surface area contributed by atoms with Crippen LogP contribution in [0.2, 0.25) is 0 Å². The fraction of sp³-hybridized carbons (Fsp3) is 0.900. The molecule has 0 radical (unpaired) electrons. The Hall–Kier alpha value is 0.550. The summed E-state index contributed by atoms with van der Waals surface area (Å²) in [4.78, 5) is 11.8. The van der Waals surface area contributed by atoms with E-state index in [9.17, 15) is 4.79 Å².